The van der Waals surface area contributed by atoms with Gasteiger partial charge in [0.2, 0.25) is 5.91 Å². The molecule has 0 bridgehead atoms. The summed E-state index contributed by atoms with van der Waals surface area (Å²) < 4.78 is 38.0. The van der Waals surface area contributed by atoms with Crippen molar-refractivity contribution in [2.24, 2.45) is 0 Å². The number of carbonyl (C=O) groups is 1. The lowest BCUT2D eigenvalue weighted by atomic mass is 10.2. The fourth-order valence-electron chi connectivity index (χ4n) is 1.70. The maximum Gasteiger partial charge on any atom is 0.417 e. The maximum absolute atomic E-state index is 12.7. The summed E-state index contributed by atoms with van der Waals surface area (Å²) in [4.78, 5) is 11.5. The topological polar surface area (TPSA) is 41.1 Å². The first kappa shape index (κ1) is 17.6. The highest BCUT2D eigenvalue weighted by Gasteiger charge is 2.33. The van der Waals surface area contributed by atoms with Crippen molar-refractivity contribution >= 4 is 23.2 Å². The average molecular weight is 323 g/mol. The zero-order valence-electron chi connectivity index (χ0n) is 11.7. The standard InChI is InChI=1S/C14H18ClF3N2O/c1-2-3-4-7-19-13(21)9-20-10-5-6-12(15)11(8-10)14(16,17)18/h5-6,8,20H,2-4,7,9H2,1H3,(H,19,21). The number of amides is 1. The molecule has 0 heterocycles. The van der Waals surface area contributed by atoms with Gasteiger partial charge in [0.15, 0.2) is 0 Å². The molecule has 1 rings (SSSR count). The Balaban J connectivity index is 2.51. The van der Waals surface area contributed by atoms with Crippen LogP contribution < -0.4 is 10.6 Å². The highest BCUT2D eigenvalue weighted by molar-refractivity contribution is 6.31. The smallest absolute Gasteiger partial charge is 0.376 e. The molecule has 0 atom stereocenters. The van der Waals surface area contributed by atoms with Crippen molar-refractivity contribution in [3.63, 3.8) is 0 Å². The molecule has 0 unspecified atom stereocenters. The molecule has 0 aliphatic carbocycles. The van der Waals surface area contributed by atoms with E-state index in [2.05, 4.69) is 17.6 Å². The molecule has 1 amide bonds. The van der Waals surface area contributed by atoms with Crippen molar-refractivity contribution in [3.8, 4) is 0 Å². The van der Waals surface area contributed by atoms with Crippen molar-refractivity contribution < 1.29 is 18.0 Å². The van der Waals surface area contributed by atoms with E-state index in [9.17, 15) is 18.0 Å². The predicted molar refractivity (Wildman–Crippen MR) is 77.5 cm³/mol. The molecule has 0 aliphatic heterocycles. The van der Waals surface area contributed by atoms with Gasteiger partial charge in [0.1, 0.15) is 0 Å². The molecule has 0 aromatic heterocycles. The Morgan fingerprint density at radius 2 is 2.00 bits per heavy atom. The van der Waals surface area contributed by atoms with Gasteiger partial charge in [0.25, 0.3) is 0 Å². The van der Waals surface area contributed by atoms with Gasteiger partial charge in [-0.3, -0.25) is 4.79 Å². The molecule has 7 heteroatoms. The molecule has 2 N–H and O–H groups in total. The summed E-state index contributed by atoms with van der Waals surface area (Å²) in [5.41, 5.74) is -0.715. The Morgan fingerprint density at radius 3 is 2.62 bits per heavy atom. The Hall–Kier alpha value is -1.43. The number of halogens is 4. The molecule has 3 nitrogen and oxygen atoms in total. The van der Waals surface area contributed by atoms with Crippen LogP contribution in [0.5, 0.6) is 0 Å². The minimum atomic E-state index is -4.52. The molecule has 1 aromatic rings. The van der Waals surface area contributed by atoms with Gasteiger partial charge < -0.3 is 10.6 Å². The minimum absolute atomic E-state index is 0.0783. The molecule has 0 fully saturated rings. The van der Waals surface area contributed by atoms with Crippen LogP contribution in [0.2, 0.25) is 5.02 Å². The van der Waals surface area contributed by atoms with Gasteiger partial charge in [-0.15, -0.1) is 0 Å². The van der Waals surface area contributed by atoms with Gasteiger partial charge in [-0.2, -0.15) is 13.2 Å². The number of unbranched alkanes of at least 4 members (excludes halogenated alkanes) is 2. The number of anilines is 1. The summed E-state index contributed by atoms with van der Waals surface area (Å²) in [7, 11) is 0. The molecule has 0 spiro atoms. The van der Waals surface area contributed by atoms with Crippen molar-refractivity contribution in [3.05, 3.63) is 28.8 Å². The van der Waals surface area contributed by atoms with E-state index in [1.54, 1.807) is 0 Å². The number of alkyl halides is 3. The second kappa shape index (κ2) is 8.12. The molecule has 0 radical (unpaired) electrons. The Morgan fingerprint density at radius 1 is 1.29 bits per heavy atom. The number of rotatable bonds is 7. The van der Waals surface area contributed by atoms with Crippen LogP contribution in [0.3, 0.4) is 0 Å². The number of benzene rings is 1. The summed E-state index contributed by atoms with van der Waals surface area (Å²) in [5.74, 6) is -0.255. The van der Waals surface area contributed by atoms with Crippen LogP contribution in [0.25, 0.3) is 0 Å². The number of nitrogens with one attached hydrogen (secondary N) is 2. The van der Waals surface area contributed by atoms with Gasteiger partial charge in [-0.05, 0) is 24.6 Å². The Bertz CT molecular complexity index is 478. The zero-order chi connectivity index (χ0) is 15.9. The summed E-state index contributed by atoms with van der Waals surface area (Å²) in [6, 6.07) is 3.46. The average Bonchev–Trinajstić information content (AvgIpc) is 2.41. The van der Waals surface area contributed by atoms with Crippen molar-refractivity contribution in [2.45, 2.75) is 32.4 Å². The van der Waals surface area contributed by atoms with Gasteiger partial charge in [-0.25, -0.2) is 0 Å². The van der Waals surface area contributed by atoms with Crippen molar-refractivity contribution in [1.29, 1.82) is 0 Å². The third kappa shape index (κ3) is 6.25. The highest BCUT2D eigenvalue weighted by atomic mass is 35.5. The van der Waals surface area contributed by atoms with Crippen LogP contribution in [0.1, 0.15) is 31.7 Å². The summed E-state index contributed by atoms with van der Waals surface area (Å²) >= 11 is 5.51. The normalized spacial score (nSPS) is 11.3. The van der Waals surface area contributed by atoms with E-state index in [-0.39, 0.29) is 23.2 Å². The number of hydrogen-bond donors (Lipinski definition) is 2. The first-order chi connectivity index (χ1) is 9.84. The number of hydrogen-bond acceptors (Lipinski definition) is 2. The SMILES string of the molecule is CCCCCNC(=O)CNc1ccc(Cl)c(C(F)(F)F)c1. The van der Waals surface area contributed by atoms with Crippen LogP contribution in [0, 0.1) is 0 Å². The van der Waals surface area contributed by atoms with E-state index in [4.69, 9.17) is 11.6 Å². The summed E-state index contributed by atoms with van der Waals surface area (Å²) in [6.45, 7) is 2.55. The first-order valence-electron chi connectivity index (χ1n) is 6.72. The van der Waals surface area contributed by atoms with E-state index in [1.165, 1.54) is 6.07 Å². The molecular formula is C14H18ClF3N2O. The Labute approximate surface area is 126 Å². The van der Waals surface area contributed by atoms with Gasteiger partial charge in [-0.1, -0.05) is 31.4 Å². The maximum atomic E-state index is 12.7. The molecule has 21 heavy (non-hydrogen) atoms. The van der Waals surface area contributed by atoms with Crippen LogP contribution >= 0.6 is 11.6 Å². The van der Waals surface area contributed by atoms with Crippen molar-refractivity contribution in [1.82, 2.24) is 5.32 Å². The van der Waals surface area contributed by atoms with Crippen LogP contribution in [-0.2, 0) is 11.0 Å². The Kier molecular flexibility index (Phi) is 6.81. The monoisotopic (exact) mass is 322 g/mol. The van der Waals surface area contributed by atoms with Crippen molar-refractivity contribution in [2.75, 3.05) is 18.4 Å². The molecule has 118 valence electrons. The molecule has 0 aliphatic rings. The molecule has 0 saturated carbocycles. The molecular weight excluding hydrogens is 305 g/mol. The largest absolute Gasteiger partial charge is 0.417 e. The highest BCUT2D eigenvalue weighted by Crippen LogP contribution is 2.36. The van der Waals surface area contributed by atoms with Crippen LogP contribution in [-0.4, -0.2) is 19.0 Å². The minimum Gasteiger partial charge on any atom is -0.376 e. The van der Waals surface area contributed by atoms with E-state index in [0.29, 0.717) is 6.54 Å². The van der Waals surface area contributed by atoms with Gasteiger partial charge >= 0.3 is 6.18 Å². The second-order valence-corrected chi connectivity index (χ2v) is 5.01. The molecule has 0 saturated heterocycles. The van der Waals surface area contributed by atoms with Gasteiger partial charge in [0, 0.05) is 12.2 Å². The first-order valence-corrected chi connectivity index (χ1v) is 7.09. The zero-order valence-corrected chi connectivity index (χ0v) is 12.4. The quantitative estimate of drug-likeness (QED) is 0.743. The third-order valence-electron chi connectivity index (χ3n) is 2.83. The summed E-state index contributed by atoms with van der Waals surface area (Å²) in [5, 5.41) is 4.98. The van der Waals surface area contributed by atoms with Gasteiger partial charge in [0.05, 0.1) is 17.1 Å². The van der Waals surface area contributed by atoms with E-state index >= 15 is 0 Å². The fourth-order valence-corrected chi connectivity index (χ4v) is 1.92. The van der Waals surface area contributed by atoms with E-state index in [0.717, 1.165) is 31.4 Å². The van der Waals surface area contributed by atoms with E-state index < -0.39 is 11.7 Å². The lowest BCUT2D eigenvalue weighted by Gasteiger charge is -2.12. The molecule has 1 aromatic carbocycles. The lowest BCUT2D eigenvalue weighted by molar-refractivity contribution is -0.137. The third-order valence-corrected chi connectivity index (χ3v) is 3.16. The predicted octanol–water partition coefficient (Wildman–Crippen LogP) is 4.08. The second-order valence-electron chi connectivity index (χ2n) is 4.60. The summed E-state index contributed by atoms with van der Waals surface area (Å²) in [6.07, 6.45) is -1.54. The number of carbonyl (C=O) groups excluding carboxylic acids is 1. The lowest BCUT2D eigenvalue weighted by Crippen LogP contribution is -2.30. The van der Waals surface area contributed by atoms with Crippen LogP contribution in [0.4, 0.5) is 18.9 Å². The fraction of sp³-hybridized carbons (Fsp3) is 0.500. The van der Waals surface area contributed by atoms with E-state index in [1.807, 2.05) is 0 Å². The van der Waals surface area contributed by atoms with Crippen LogP contribution in [0.15, 0.2) is 18.2 Å².